The maximum absolute atomic E-state index is 8.75. The van der Waals surface area contributed by atoms with Crippen molar-refractivity contribution < 1.29 is 0 Å². The van der Waals surface area contributed by atoms with Crippen LogP contribution in [0.2, 0.25) is 0 Å². The Kier molecular flexibility index (Phi) is 2.77. The van der Waals surface area contributed by atoms with Gasteiger partial charge in [-0.05, 0) is 24.4 Å². The average molecular weight is 234 g/mol. The molecule has 1 aromatic carbocycles. The first-order valence-corrected chi connectivity index (χ1v) is 5.67. The Morgan fingerprint density at radius 1 is 1.40 bits per heavy atom. The highest BCUT2D eigenvalue weighted by Crippen LogP contribution is 2.33. The monoisotopic (exact) mass is 233 g/mol. The highest BCUT2D eigenvalue weighted by Gasteiger charge is 2.06. The summed E-state index contributed by atoms with van der Waals surface area (Å²) in [5, 5.41) is 10.5. The predicted molar refractivity (Wildman–Crippen MR) is 65.9 cm³/mol. The maximum atomic E-state index is 8.75. The van der Waals surface area contributed by atoms with E-state index in [1.165, 1.54) is 10.1 Å². The van der Waals surface area contributed by atoms with E-state index < -0.39 is 0 Å². The fourth-order valence-electron chi connectivity index (χ4n) is 1.32. The van der Waals surface area contributed by atoms with E-state index in [0.717, 1.165) is 4.88 Å². The van der Waals surface area contributed by atoms with Crippen LogP contribution in [-0.2, 0) is 0 Å². The molecule has 0 N–H and O–H groups in total. The lowest BCUT2D eigenvalue weighted by Gasteiger charge is -1.92. The topological polar surface area (TPSA) is 23.8 Å². The molecule has 74 valence electrons. The Morgan fingerprint density at radius 2 is 2.13 bits per heavy atom. The van der Waals surface area contributed by atoms with Gasteiger partial charge in [0.1, 0.15) is 0 Å². The second kappa shape index (κ2) is 4.06. The summed E-state index contributed by atoms with van der Waals surface area (Å²) in [7, 11) is 0. The van der Waals surface area contributed by atoms with Gasteiger partial charge in [-0.15, -0.1) is 11.3 Å². The third-order valence-corrected chi connectivity index (χ3v) is 3.87. The molecule has 0 amide bonds. The molecule has 15 heavy (non-hydrogen) atoms. The van der Waals surface area contributed by atoms with Crippen molar-refractivity contribution in [3.05, 3.63) is 40.8 Å². The second-order valence-corrected chi connectivity index (χ2v) is 4.66. The molecule has 0 spiro atoms. The molecule has 2 rings (SSSR count). The summed E-state index contributed by atoms with van der Waals surface area (Å²) < 4.78 is 1.19. The maximum Gasteiger partial charge on any atom is 0.0960 e. The zero-order valence-electron chi connectivity index (χ0n) is 8.12. The van der Waals surface area contributed by atoms with Crippen LogP contribution in [0.3, 0.4) is 0 Å². The van der Waals surface area contributed by atoms with Crippen LogP contribution in [0.1, 0.15) is 11.8 Å². The van der Waals surface area contributed by atoms with Crippen LogP contribution in [0.15, 0.2) is 35.9 Å². The van der Waals surface area contributed by atoms with Crippen LogP contribution in [0.4, 0.5) is 0 Å². The largest absolute Gasteiger partial charge is 0.193 e. The Bertz CT molecular complexity index is 542. The molecule has 0 atom stereocenters. The molecule has 0 saturated heterocycles. The number of thiophene rings is 1. The molecule has 0 aliphatic rings. The number of fused-ring (bicyclic) bond motifs is 1. The molecule has 1 heterocycles. The van der Waals surface area contributed by atoms with Gasteiger partial charge in [-0.3, -0.25) is 0 Å². The fourth-order valence-corrected chi connectivity index (χ4v) is 2.59. The molecule has 3 heteroatoms. The van der Waals surface area contributed by atoms with Gasteiger partial charge in [-0.25, -0.2) is 0 Å². The number of nitriles is 1. The quantitative estimate of drug-likeness (QED) is 0.670. The van der Waals surface area contributed by atoms with Crippen LogP contribution in [-0.4, -0.2) is 0 Å². The lowest BCUT2D eigenvalue weighted by atomic mass is 10.2. The molecule has 0 aliphatic heterocycles. The van der Waals surface area contributed by atoms with Crippen molar-refractivity contribution in [2.75, 3.05) is 0 Å². The zero-order valence-corrected chi connectivity index (χ0v) is 9.69. The van der Waals surface area contributed by atoms with E-state index in [2.05, 4.69) is 12.1 Å². The highest BCUT2D eigenvalue weighted by atomic mass is 35.5. The van der Waals surface area contributed by atoms with Gasteiger partial charge >= 0.3 is 0 Å². The van der Waals surface area contributed by atoms with Crippen LogP contribution in [0.25, 0.3) is 15.1 Å². The first kappa shape index (κ1) is 10.2. The molecule has 0 saturated carbocycles. The van der Waals surface area contributed by atoms with E-state index in [4.69, 9.17) is 16.9 Å². The third-order valence-electron chi connectivity index (χ3n) is 2.14. The highest BCUT2D eigenvalue weighted by molar-refractivity contribution is 7.20. The number of hydrogen-bond acceptors (Lipinski definition) is 2. The average Bonchev–Trinajstić information content (AvgIpc) is 2.70. The number of rotatable bonds is 1. The van der Waals surface area contributed by atoms with E-state index in [1.807, 2.05) is 24.3 Å². The summed E-state index contributed by atoms with van der Waals surface area (Å²) in [6, 6.07) is 12.2. The van der Waals surface area contributed by atoms with E-state index in [-0.39, 0.29) is 0 Å². The molecule has 1 nitrogen and oxygen atoms in total. The zero-order chi connectivity index (χ0) is 10.8. The van der Waals surface area contributed by atoms with Gasteiger partial charge in [0.15, 0.2) is 0 Å². The van der Waals surface area contributed by atoms with Gasteiger partial charge in [-0.1, -0.05) is 29.8 Å². The van der Waals surface area contributed by atoms with Gasteiger partial charge in [0.25, 0.3) is 0 Å². The molecule has 1 aromatic heterocycles. The summed E-state index contributed by atoms with van der Waals surface area (Å²) in [5.74, 6) is 0. The van der Waals surface area contributed by atoms with Gasteiger partial charge in [0.2, 0.25) is 0 Å². The lowest BCUT2D eigenvalue weighted by Crippen LogP contribution is -1.73. The number of nitrogens with zero attached hydrogens (tertiary/aromatic N) is 1. The molecule has 0 radical (unpaired) electrons. The van der Waals surface area contributed by atoms with Crippen molar-refractivity contribution in [3.63, 3.8) is 0 Å². The first-order valence-electron chi connectivity index (χ1n) is 4.48. The first-order chi connectivity index (χ1) is 7.22. The summed E-state index contributed by atoms with van der Waals surface area (Å²) in [4.78, 5) is 0.955. The molecular weight excluding hydrogens is 226 g/mol. The molecule has 0 fully saturated rings. The molecule has 0 aliphatic carbocycles. The van der Waals surface area contributed by atoms with E-state index in [0.29, 0.717) is 10.6 Å². The molecule has 2 aromatic rings. The van der Waals surface area contributed by atoms with Crippen molar-refractivity contribution in [1.82, 2.24) is 0 Å². The standard InChI is InChI=1S/C12H8ClNS/c1-8(7-14)12(13)11-6-9-4-2-3-5-10(9)15-11/h2-6H,1H3. The van der Waals surface area contributed by atoms with Gasteiger partial charge in [0, 0.05) is 15.2 Å². The Labute approximate surface area is 97.2 Å². The molecular formula is C12H8ClNS. The van der Waals surface area contributed by atoms with E-state index in [9.17, 15) is 0 Å². The second-order valence-electron chi connectivity index (χ2n) is 3.20. The number of allylic oxidation sites excluding steroid dienone is 1. The van der Waals surface area contributed by atoms with Crippen molar-refractivity contribution in [2.24, 2.45) is 0 Å². The minimum absolute atomic E-state index is 0.554. The lowest BCUT2D eigenvalue weighted by molar-refractivity contribution is 1.46. The SMILES string of the molecule is CC(C#N)=C(Cl)c1cc2ccccc2s1. The Morgan fingerprint density at radius 3 is 2.80 bits per heavy atom. The summed E-state index contributed by atoms with van der Waals surface area (Å²) in [6.45, 7) is 1.73. The minimum atomic E-state index is 0.554. The van der Waals surface area contributed by atoms with Crippen molar-refractivity contribution >= 4 is 38.1 Å². The number of halogens is 1. The van der Waals surface area contributed by atoms with E-state index >= 15 is 0 Å². The van der Waals surface area contributed by atoms with Crippen molar-refractivity contribution in [2.45, 2.75) is 6.92 Å². The van der Waals surface area contributed by atoms with Crippen molar-refractivity contribution in [1.29, 1.82) is 5.26 Å². The van der Waals surface area contributed by atoms with Gasteiger partial charge < -0.3 is 0 Å². The van der Waals surface area contributed by atoms with Gasteiger partial charge in [0.05, 0.1) is 11.1 Å². The molecule has 0 bridgehead atoms. The van der Waals surface area contributed by atoms with Crippen LogP contribution in [0, 0.1) is 11.3 Å². The minimum Gasteiger partial charge on any atom is -0.193 e. The number of hydrogen-bond donors (Lipinski definition) is 0. The van der Waals surface area contributed by atoms with Crippen LogP contribution in [0.5, 0.6) is 0 Å². The smallest absolute Gasteiger partial charge is 0.0960 e. The normalized spacial score (nSPS) is 12.3. The summed E-state index contributed by atoms with van der Waals surface area (Å²) in [6.07, 6.45) is 0. The summed E-state index contributed by atoms with van der Waals surface area (Å²) >= 11 is 7.70. The Balaban J connectivity index is 2.60. The van der Waals surface area contributed by atoms with Crippen LogP contribution >= 0.6 is 22.9 Å². The number of benzene rings is 1. The van der Waals surface area contributed by atoms with Crippen LogP contribution < -0.4 is 0 Å². The van der Waals surface area contributed by atoms with Gasteiger partial charge in [-0.2, -0.15) is 5.26 Å². The van der Waals surface area contributed by atoms with E-state index in [1.54, 1.807) is 18.3 Å². The predicted octanol–water partition coefficient (Wildman–Crippen LogP) is 4.39. The Hall–Kier alpha value is -1.30. The third kappa shape index (κ3) is 1.90. The van der Waals surface area contributed by atoms with Crippen molar-refractivity contribution in [3.8, 4) is 6.07 Å². The summed E-state index contributed by atoms with van der Waals surface area (Å²) in [5.41, 5.74) is 0.559. The molecule has 0 unspecified atom stereocenters. The fraction of sp³-hybridized carbons (Fsp3) is 0.0833.